The molecule has 2 heterocycles. The molecular formula is C16H21N5O3S. The van der Waals surface area contributed by atoms with Crippen LogP contribution in [-0.2, 0) is 21.2 Å². The largest absolute Gasteiger partial charge is 0.381 e. The van der Waals surface area contributed by atoms with E-state index in [0.29, 0.717) is 25.4 Å². The van der Waals surface area contributed by atoms with Crippen LogP contribution in [-0.4, -0.2) is 38.1 Å². The van der Waals surface area contributed by atoms with Crippen molar-refractivity contribution in [2.24, 2.45) is 5.14 Å². The third kappa shape index (κ3) is 4.65. The molecule has 0 unspecified atom stereocenters. The summed E-state index contributed by atoms with van der Waals surface area (Å²) >= 11 is 0. The average molecular weight is 363 g/mol. The van der Waals surface area contributed by atoms with Crippen LogP contribution in [0, 0.1) is 0 Å². The van der Waals surface area contributed by atoms with Crippen molar-refractivity contribution in [3.05, 3.63) is 41.6 Å². The molecule has 0 radical (unpaired) electrons. The van der Waals surface area contributed by atoms with Crippen LogP contribution in [0.15, 0.2) is 35.2 Å². The van der Waals surface area contributed by atoms with Gasteiger partial charge in [-0.25, -0.2) is 18.5 Å². The quantitative estimate of drug-likeness (QED) is 0.693. The van der Waals surface area contributed by atoms with Gasteiger partial charge in [-0.05, 0) is 30.5 Å². The smallest absolute Gasteiger partial charge is 0.238 e. The number of hydrogen-bond acceptors (Lipinski definition) is 7. The van der Waals surface area contributed by atoms with Crippen LogP contribution >= 0.6 is 0 Å². The van der Waals surface area contributed by atoms with Gasteiger partial charge in [0.25, 0.3) is 0 Å². The van der Waals surface area contributed by atoms with Crippen LogP contribution in [0.3, 0.4) is 0 Å². The first-order valence-electron chi connectivity index (χ1n) is 7.99. The second kappa shape index (κ2) is 7.34. The van der Waals surface area contributed by atoms with Gasteiger partial charge >= 0.3 is 0 Å². The van der Waals surface area contributed by atoms with E-state index in [9.17, 15) is 8.42 Å². The number of rotatable bonds is 6. The molecular weight excluding hydrogens is 342 g/mol. The lowest BCUT2D eigenvalue weighted by Crippen LogP contribution is -2.12. The van der Waals surface area contributed by atoms with E-state index >= 15 is 0 Å². The second-order valence-corrected chi connectivity index (χ2v) is 7.52. The van der Waals surface area contributed by atoms with Gasteiger partial charge in [-0.15, -0.1) is 0 Å². The zero-order valence-corrected chi connectivity index (χ0v) is 14.5. The van der Waals surface area contributed by atoms with Crippen LogP contribution in [0.1, 0.15) is 23.6 Å². The summed E-state index contributed by atoms with van der Waals surface area (Å²) in [5, 5.41) is 8.32. The van der Waals surface area contributed by atoms with Gasteiger partial charge in [0, 0.05) is 25.1 Å². The van der Waals surface area contributed by atoms with E-state index in [1.807, 2.05) is 6.07 Å². The molecule has 9 heteroatoms. The highest BCUT2D eigenvalue weighted by Gasteiger charge is 2.20. The van der Waals surface area contributed by atoms with Gasteiger partial charge in [0.05, 0.1) is 17.2 Å². The molecule has 0 saturated carbocycles. The molecule has 0 bridgehead atoms. The maximum Gasteiger partial charge on any atom is 0.238 e. The first-order valence-corrected chi connectivity index (χ1v) is 9.54. The number of benzene rings is 1. The maximum absolute atomic E-state index is 11.2. The maximum atomic E-state index is 11.2. The standard InChI is InChI=1S/C16H21N5O3S/c17-16-20-14(12-6-8-24-10-12)9-15(21-16)19-7-5-11-1-3-13(4-2-11)25(18,22)23/h1-4,9,12H,5-8,10H2,(H2,18,22,23)(H3,17,19,20,21)/t12-/m1/s1. The van der Waals surface area contributed by atoms with E-state index in [-0.39, 0.29) is 16.8 Å². The van der Waals surface area contributed by atoms with Crippen molar-refractivity contribution in [3.63, 3.8) is 0 Å². The Bertz CT molecular complexity index is 833. The average Bonchev–Trinajstić information content (AvgIpc) is 3.08. The van der Waals surface area contributed by atoms with Crippen molar-refractivity contribution in [2.75, 3.05) is 30.8 Å². The van der Waals surface area contributed by atoms with Crippen molar-refractivity contribution in [1.82, 2.24) is 9.97 Å². The van der Waals surface area contributed by atoms with Gasteiger partial charge in [-0.1, -0.05) is 12.1 Å². The molecule has 8 nitrogen and oxygen atoms in total. The molecule has 1 aliphatic rings. The molecule has 5 N–H and O–H groups in total. The molecule has 0 aliphatic carbocycles. The highest BCUT2D eigenvalue weighted by molar-refractivity contribution is 7.89. The summed E-state index contributed by atoms with van der Waals surface area (Å²) in [5.74, 6) is 1.18. The van der Waals surface area contributed by atoms with Gasteiger partial charge in [-0.3, -0.25) is 0 Å². The van der Waals surface area contributed by atoms with E-state index in [1.54, 1.807) is 12.1 Å². The highest BCUT2D eigenvalue weighted by atomic mass is 32.2. The predicted octanol–water partition coefficient (Wildman–Crippen LogP) is 0.865. The molecule has 0 spiro atoms. The first kappa shape index (κ1) is 17.6. The number of sulfonamides is 1. The van der Waals surface area contributed by atoms with Crippen molar-refractivity contribution in [1.29, 1.82) is 0 Å². The zero-order valence-electron chi connectivity index (χ0n) is 13.7. The number of nitrogens with two attached hydrogens (primary N) is 2. The Morgan fingerprint density at radius 1 is 1.24 bits per heavy atom. The number of nitrogens with one attached hydrogen (secondary N) is 1. The molecule has 1 saturated heterocycles. The van der Waals surface area contributed by atoms with Crippen molar-refractivity contribution in [3.8, 4) is 0 Å². The molecule has 0 amide bonds. The van der Waals surface area contributed by atoms with Crippen LogP contribution in [0.25, 0.3) is 0 Å². The fraction of sp³-hybridized carbons (Fsp3) is 0.375. The fourth-order valence-corrected chi connectivity index (χ4v) is 3.25. The summed E-state index contributed by atoms with van der Waals surface area (Å²) in [6.07, 6.45) is 1.64. The number of nitrogens with zero attached hydrogens (tertiary/aromatic N) is 2. The van der Waals surface area contributed by atoms with Gasteiger partial charge in [0.15, 0.2) is 0 Å². The minimum atomic E-state index is -3.66. The van der Waals surface area contributed by atoms with Crippen LogP contribution in [0.4, 0.5) is 11.8 Å². The van der Waals surface area contributed by atoms with Gasteiger partial charge in [0.2, 0.25) is 16.0 Å². The lowest BCUT2D eigenvalue weighted by atomic mass is 10.0. The summed E-state index contributed by atoms with van der Waals surface area (Å²) in [7, 11) is -3.66. The van der Waals surface area contributed by atoms with Crippen molar-refractivity contribution < 1.29 is 13.2 Å². The van der Waals surface area contributed by atoms with Crippen LogP contribution < -0.4 is 16.2 Å². The van der Waals surface area contributed by atoms with E-state index in [4.69, 9.17) is 15.6 Å². The highest BCUT2D eigenvalue weighted by Crippen LogP contribution is 2.25. The minimum Gasteiger partial charge on any atom is -0.381 e. The number of anilines is 2. The van der Waals surface area contributed by atoms with Gasteiger partial charge in [0.1, 0.15) is 5.82 Å². The second-order valence-electron chi connectivity index (χ2n) is 5.96. The SMILES string of the molecule is Nc1nc(NCCc2ccc(S(N)(=O)=O)cc2)cc([C@@H]2CCOC2)n1. The van der Waals surface area contributed by atoms with Crippen LogP contribution in [0.5, 0.6) is 0 Å². The van der Waals surface area contributed by atoms with E-state index < -0.39 is 10.0 Å². The first-order chi connectivity index (χ1) is 11.9. The Balaban J connectivity index is 1.60. The fourth-order valence-electron chi connectivity index (χ4n) is 2.73. The lowest BCUT2D eigenvalue weighted by molar-refractivity contribution is 0.193. The molecule has 1 fully saturated rings. The van der Waals surface area contributed by atoms with E-state index in [1.165, 1.54) is 12.1 Å². The summed E-state index contributed by atoms with van der Waals surface area (Å²) in [5.41, 5.74) is 7.68. The Labute approximate surface area is 146 Å². The number of ether oxygens (including phenoxy) is 1. The summed E-state index contributed by atoms with van der Waals surface area (Å²) in [4.78, 5) is 8.60. The third-order valence-electron chi connectivity index (χ3n) is 4.08. The normalized spacial score (nSPS) is 17.6. The molecule has 1 atom stereocenters. The Morgan fingerprint density at radius 3 is 2.64 bits per heavy atom. The summed E-state index contributed by atoms with van der Waals surface area (Å²) in [6, 6.07) is 8.41. The van der Waals surface area contributed by atoms with Crippen molar-refractivity contribution in [2.45, 2.75) is 23.7 Å². The molecule has 1 aliphatic heterocycles. The lowest BCUT2D eigenvalue weighted by Gasteiger charge is -2.11. The van der Waals surface area contributed by atoms with Gasteiger partial charge < -0.3 is 15.8 Å². The van der Waals surface area contributed by atoms with Gasteiger partial charge in [-0.2, -0.15) is 4.98 Å². The molecule has 1 aromatic heterocycles. The molecule has 25 heavy (non-hydrogen) atoms. The molecule has 2 aromatic rings. The number of primary sulfonamides is 1. The zero-order chi connectivity index (χ0) is 17.9. The topological polar surface area (TPSA) is 133 Å². The predicted molar refractivity (Wildman–Crippen MR) is 94.6 cm³/mol. The summed E-state index contributed by atoms with van der Waals surface area (Å²) < 4.78 is 27.9. The monoisotopic (exact) mass is 363 g/mol. The Morgan fingerprint density at radius 2 is 2.00 bits per heavy atom. The Kier molecular flexibility index (Phi) is 5.16. The van der Waals surface area contributed by atoms with E-state index in [0.717, 1.165) is 24.3 Å². The van der Waals surface area contributed by atoms with Crippen LogP contribution in [0.2, 0.25) is 0 Å². The van der Waals surface area contributed by atoms with Crippen molar-refractivity contribution >= 4 is 21.8 Å². The third-order valence-corrected chi connectivity index (χ3v) is 5.01. The van der Waals surface area contributed by atoms with E-state index in [2.05, 4.69) is 15.3 Å². The number of aromatic nitrogens is 2. The summed E-state index contributed by atoms with van der Waals surface area (Å²) in [6.45, 7) is 2.03. The molecule has 1 aromatic carbocycles. The molecule has 3 rings (SSSR count). The number of nitrogen functional groups attached to an aromatic ring is 1. The number of hydrogen-bond donors (Lipinski definition) is 3. The minimum absolute atomic E-state index is 0.108. The Hall–Kier alpha value is -2.23. The molecule has 134 valence electrons.